The molecule has 1 N–H and O–H groups in total. The number of nitrogens with zero attached hydrogens (tertiary/aromatic N) is 1. The standard InChI is InChI=1S/C13H12Cl2N2O3S2/c1-17(22(19,20)13-7-6-11(15)21-13)8-12(18)16-10-4-2-9(14)3-5-10/h2-7H,8H2,1H3,(H,16,18). The van der Waals surface area contributed by atoms with Crippen molar-refractivity contribution in [1.82, 2.24) is 4.31 Å². The average Bonchev–Trinajstić information content (AvgIpc) is 2.88. The maximum atomic E-state index is 12.3. The Hall–Kier alpha value is -1.12. The van der Waals surface area contributed by atoms with E-state index in [1.807, 2.05) is 0 Å². The minimum atomic E-state index is -3.73. The molecule has 0 radical (unpaired) electrons. The molecular formula is C13H12Cl2N2O3S2. The van der Waals surface area contributed by atoms with E-state index in [9.17, 15) is 13.2 Å². The Morgan fingerprint density at radius 2 is 1.82 bits per heavy atom. The number of nitrogens with one attached hydrogen (secondary N) is 1. The molecule has 1 aromatic carbocycles. The van der Waals surface area contributed by atoms with Gasteiger partial charge < -0.3 is 5.32 Å². The molecule has 1 amide bonds. The van der Waals surface area contributed by atoms with Crippen LogP contribution in [0.4, 0.5) is 5.69 Å². The van der Waals surface area contributed by atoms with Gasteiger partial charge in [0.15, 0.2) is 0 Å². The molecule has 0 bridgehead atoms. The predicted octanol–water partition coefficient (Wildman–Crippen LogP) is 3.31. The number of carbonyl (C=O) groups excluding carboxylic acids is 1. The van der Waals surface area contributed by atoms with Crippen molar-refractivity contribution in [2.45, 2.75) is 4.21 Å². The second kappa shape index (κ2) is 6.97. The minimum absolute atomic E-state index is 0.0966. The average molecular weight is 379 g/mol. The van der Waals surface area contributed by atoms with E-state index in [0.717, 1.165) is 15.6 Å². The Morgan fingerprint density at radius 3 is 2.36 bits per heavy atom. The van der Waals surface area contributed by atoms with Crippen LogP contribution in [0.25, 0.3) is 0 Å². The van der Waals surface area contributed by atoms with Gasteiger partial charge in [-0.3, -0.25) is 4.79 Å². The second-order valence-electron chi connectivity index (χ2n) is 4.37. The number of thiophene rings is 1. The van der Waals surface area contributed by atoms with Gasteiger partial charge in [0.05, 0.1) is 10.9 Å². The number of hydrogen-bond acceptors (Lipinski definition) is 4. The van der Waals surface area contributed by atoms with Crippen molar-refractivity contribution >= 4 is 56.2 Å². The first-order chi connectivity index (χ1) is 10.3. The molecule has 22 heavy (non-hydrogen) atoms. The SMILES string of the molecule is CN(CC(=O)Nc1ccc(Cl)cc1)S(=O)(=O)c1ccc(Cl)s1. The summed E-state index contributed by atoms with van der Waals surface area (Å²) in [6.45, 7) is -0.305. The number of likely N-dealkylation sites (N-methyl/N-ethyl adjacent to an activating group) is 1. The lowest BCUT2D eigenvalue weighted by Crippen LogP contribution is -2.34. The lowest BCUT2D eigenvalue weighted by molar-refractivity contribution is -0.116. The van der Waals surface area contributed by atoms with E-state index in [1.54, 1.807) is 24.3 Å². The third kappa shape index (κ3) is 4.21. The van der Waals surface area contributed by atoms with Gasteiger partial charge in [-0.25, -0.2) is 8.42 Å². The molecule has 0 unspecified atom stereocenters. The number of halogens is 2. The summed E-state index contributed by atoms with van der Waals surface area (Å²) in [7, 11) is -2.39. The first-order valence-corrected chi connectivity index (χ1v) is 9.07. The summed E-state index contributed by atoms with van der Waals surface area (Å²) in [5.74, 6) is -0.448. The van der Waals surface area contributed by atoms with E-state index in [2.05, 4.69) is 5.32 Å². The number of carbonyl (C=O) groups is 1. The van der Waals surface area contributed by atoms with E-state index in [-0.39, 0.29) is 10.8 Å². The molecular weight excluding hydrogens is 367 g/mol. The van der Waals surface area contributed by atoms with Crippen LogP contribution in [0.3, 0.4) is 0 Å². The lowest BCUT2D eigenvalue weighted by Gasteiger charge is -2.15. The van der Waals surface area contributed by atoms with Gasteiger partial charge in [-0.1, -0.05) is 23.2 Å². The zero-order valence-corrected chi connectivity index (χ0v) is 14.6. The number of amides is 1. The highest BCUT2D eigenvalue weighted by molar-refractivity contribution is 7.91. The molecule has 2 aromatic rings. The monoisotopic (exact) mass is 378 g/mol. The Labute approximate surface area is 142 Å². The summed E-state index contributed by atoms with van der Waals surface area (Å²) in [6.07, 6.45) is 0. The fraction of sp³-hybridized carbons (Fsp3) is 0.154. The second-order valence-corrected chi connectivity index (χ2v) is 8.80. The van der Waals surface area contributed by atoms with Crippen LogP contribution in [0.5, 0.6) is 0 Å². The van der Waals surface area contributed by atoms with Crippen molar-refractivity contribution in [2.75, 3.05) is 18.9 Å². The van der Waals surface area contributed by atoms with Gasteiger partial charge in [-0.05, 0) is 36.4 Å². The molecule has 0 aliphatic heterocycles. The Balaban J connectivity index is 2.03. The Kier molecular flexibility index (Phi) is 5.46. The van der Waals surface area contributed by atoms with E-state index in [0.29, 0.717) is 15.0 Å². The minimum Gasteiger partial charge on any atom is -0.325 e. The smallest absolute Gasteiger partial charge is 0.252 e. The van der Waals surface area contributed by atoms with Gasteiger partial charge in [0.2, 0.25) is 5.91 Å². The Morgan fingerprint density at radius 1 is 1.18 bits per heavy atom. The number of hydrogen-bond donors (Lipinski definition) is 1. The maximum absolute atomic E-state index is 12.3. The van der Waals surface area contributed by atoms with Crippen LogP contribution in [0.15, 0.2) is 40.6 Å². The normalized spacial score (nSPS) is 11.6. The molecule has 1 heterocycles. The van der Waals surface area contributed by atoms with Gasteiger partial charge in [0.25, 0.3) is 10.0 Å². The van der Waals surface area contributed by atoms with Crippen LogP contribution in [-0.4, -0.2) is 32.2 Å². The summed E-state index contributed by atoms with van der Waals surface area (Å²) in [5.41, 5.74) is 0.541. The van der Waals surface area contributed by atoms with Gasteiger partial charge in [-0.2, -0.15) is 4.31 Å². The van der Waals surface area contributed by atoms with Crippen molar-refractivity contribution in [3.63, 3.8) is 0 Å². The van der Waals surface area contributed by atoms with Crippen LogP contribution < -0.4 is 5.32 Å². The van der Waals surface area contributed by atoms with Crippen molar-refractivity contribution in [1.29, 1.82) is 0 Å². The molecule has 0 atom stereocenters. The summed E-state index contributed by atoms with van der Waals surface area (Å²) in [5, 5.41) is 3.15. The van der Waals surface area contributed by atoms with Crippen molar-refractivity contribution in [2.24, 2.45) is 0 Å². The first-order valence-electron chi connectivity index (χ1n) is 6.06. The molecule has 0 spiro atoms. The zero-order valence-electron chi connectivity index (χ0n) is 11.4. The van der Waals surface area contributed by atoms with E-state index in [4.69, 9.17) is 23.2 Å². The highest BCUT2D eigenvalue weighted by atomic mass is 35.5. The topological polar surface area (TPSA) is 66.5 Å². The van der Waals surface area contributed by atoms with Crippen molar-refractivity contribution in [3.05, 3.63) is 45.8 Å². The van der Waals surface area contributed by atoms with Crippen LogP contribution in [0, 0.1) is 0 Å². The highest BCUT2D eigenvalue weighted by Crippen LogP contribution is 2.27. The molecule has 0 aliphatic rings. The van der Waals surface area contributed by atoms with Gasteiger partial charge in [0.1, 0.15) is 4.21 Å². The number of benzene rings is 1. The Bertz CT molecular complexity index is 773. The molecule has 1 aromatic heterocycles. The maximum Gasteiger partial charge on any atom is 0.252 e. The van der Waals surface area contributed by atoms with E-state index >= 15 is 0 Å². The van der Waals surface area contributed by atoms with E-state index < -0.39 is 15.9 Å². The molecule has 9 heteroatoms. The first kappa shape index (κ1) is 17.2. The summed E-state index contributed by atoms with van der Waals surface area (Å²) < 4.78 is 26.0. The van der Waals surface area contributed by atoms with Gasteiger partial charge in [-0.15, -0.1) is 11.3 Å². The van der Waals surface area contributed by atoms with Crippen molar-refractivity contribution < 1.29 is 13.2 Å². The van der Waals surface area contributed by atoms with E-state index in [1.165, 1.54) is 19.2 Å². The quantitative estimate of drug-likeness (QED) is 0.867. The van der Waals surface area contributed by atoms with Gasteiger partial charge in [0, 0.05) is 17.8 Å². The van der Waals surface area contributed by atoms with Crippen molar-refractivity contribution in [3.8, 4) is 0 Å². The summed E-state index contributed by atoms with van der Waals surface area (Å²) >= 11 is 12.4. The number of rotatable bonds is 5. The molecule has 0 aliphatic carbocycles. The number of sulfonamides is 1. The largest absolute Gasteiger partial charge is 0.325 e. The fourth-order valence-corrected chi connectivity index (χ4v) is 4.56. The third-order valence-electron chi connectivity index (χ3n) is 2.71. The molecule has 0 fully saturated rings. The fourth-order valence-electron chi connectivity index (χ4n) is 1.61. The molecule has 5 nitrogen and oxygen atoms in total. The molecule has 0 saturated carbocycles. The lowest BCUT2D eigenvalue weighted by atomic mass is 10.3. The molecule has 2 rings (SSSR count). The zero-order chi connectivity index (χ0) is 16.3. The van der Waals surface area contributed by atoms with Crippen LogP contribution in [0.2, 0.25) is 9.36 Å². The summed E-state index contributed by atoms with van der Waals surface area (Å²) in [4.78, 5) is 11.9. The van der Waals surface area contributed by atoms with Gasteiger partial charge >= 0.3 is 0 Å². The third-order valence-corrected chi connectivity index (χ3v) is 6.46. The molecule has 0 saturated heterocycles. The summed E-state index contributed by atoms with van der Waals surface area (Å²) in [6, 6.07) is 9.44. The number of anilines is 1. The van der Waals surface area contributed by atoms with Crippen LogP contribution in [-0.2, 0) is 14.8 Å². The van der Waals surface area contributed by atoms with Crippen LogP contribution >= 0.6 is 34.5 Å². The predicted molar refractivity (Wildman–Crippen MR) is 89.2 cm³/mol. The molecule has 118 valence electrons. The van der Waals surface area contributed by atoms with Crippen LogP contribution in [0.1, 0.15) is 0 Å². The highest BCUT2D eigenvalue weighted by Gasteiger charge is 2.24.